The Kier molecular flexibility index (Phi) is 5.36. The van der Waals surface area contributed by atoms with Crippen molar-refractivity contribution in [1.29, 1.82) is 0 Å². The van der Waals surface area contributed by atoms with Crippen molar-refractivity contribution in [3.8, 4) is 0 Å². The van der Waals surface area contributed by atoms with Gasteiger partial charge in [0.1, 0.15) is 0 Å². The lowest BCUT2D eigenvalue weighted by Gasteiger charge is -2.28. The van der Waals surface area contributed by atoms with E-state index in [1.165, 1.54) is 12.1 Å². The van der Waals surface area contributed by atoms with Gasteiger partial charge >= 0.3 is 6.18 Å². The van der Waals surface area contributed by atoms with Crippen molar-refractivity contribution in [2.24, 2.45) is 7.05 Å². The lowest BCUT2D eigenvalue weighted by atomic mass is 10.1. The third kappa shape index (κ3) is 4.09. The van der Waals surface area contributed by atoms with Crippen molar-refractivity contribution in [3.63, 3.8) is 0 Å². The number of likely N-dealkylation sites (tertiary alicyclic amines) is 1. The maximum Gasteiger partial charge on any atom is 0.416 e. The largest absolute Gasteiger partial charge is 0.416 e. The van der Waals surface area contributed by atoms with Crippen LogP contribution in [0.4, 0.5) is 13.2 Å². The molecule has 7 heteroatoms. The summed E-state index contributed by atoms with van der Waals surface area (Å²) in [6, 6.07) is 8.35. The van der Waals surface area contributed by atoms with Crippen molar-refractivity contribution < 1.29 is 18.0 Å². The average molecular weight is 365 g/mol. The fourth-order valence-electron chi connectivity index (χ4n) is 3.40. The molecule has 1 saturated heterocycles. The summed E-state index contributed by atoms with van der Waals surface area (Å²) in [4.78, 5) is 14.7. The van der Waals surface area contributed by atoms with E-state index in [0.717, 1.165) is 43.8 Å². The lowest BCUT2D eigenvalue weighted by molar-refractivity contribution is -0.137. The zero-order valence-corrected chi connectivity index (χ0v) is 14.6. The Morgan fingerprint density at radius 1 is 1.15 bits per heavy atom. The van der Waals surface area contributed by atoms with Gasteiger partial charge in [0.15, 0.2) is 0 Å². The standard InChI is InChI=1S/C19H22F3N3O/c1-24-10-4-5-16(24)17(25-11-2-3-12-25)13-23-18(26)14-6-8-15(9-7-14)19(20,21)22/h4-10,17H,2-3,11-13H2,1H3,(H,23,26). The minimum atomic E-state index is -4.40. The number of aromatic nitrogens is 1. The van der Waals surface area contributed by atoms with Gasteiger partial charge in [0.05, 0.1) is 11.6 Å². The third-order valence-corrected chi connectivity index (χ3v) is 4.84. The summed E-state index contributed by atoms with van der Waals surface area (Å²) in [5.74, 6) is -0.364. The highest BCUT2D eigenvalue weighted by Gasteiger charge is 2.30. The number of aryl methyl sites for hydroxylation is 1. The van der Waals surface area contributed by atoms with Crippen LogP contribution in [0.25, 0.3) is 0 Å². The minimum absolute atomic E-state index is 0.0518. The van der Waals surface area contributed by atoms with Crippen LogP contribution in [0.5, 0.6) is 0 Å². The van der Waals surface area contributed by atoms with E-state index >= 15 is 0 Å². The van der Waals surface area contributed by atoms with Crippen LogP contribution in [0.1, 0.15) is 40.5 Å². The molecule has 1 aromatic carbocycles. The summed E-state index contributed by atoms with van der Waals surface area (Å²) in [7, 11) is 1.97. The first kappa shape index (κ1) is 18.5. The van der Waals surface area contributed by atoms with Crippen molar-refractivity contribution >= 4 is 5.91 Å². The van der Waals surface area contributed by atoms with Gasteiger partial charge < -0.3 is 9.88 Å². The van der Waals surface area contributed by atoms with Gasteiger partial charge in [-0.25, -0.2) is 0 Å². The summed E-state index contributed by atoms with van der Waals surface area (Å²) in [5.41, 5.74) is 0.581. The molecule has 0 spiro atoms. The van der Waals surface area contributed by atoms with Crippen molar-refractivity contribution in [2.75, 3.05) is 19.6 Å². The molecule has 26 heavy (non-hydrogen) atoms. The fourth-order valence-corrected chi connectivity index (χ4v) is 3.40. The van der Waals surface area contributed by atoms with Crippen LogP contribution < -0.4 is 5.32 Å². The molecule has 2 aromatic rings. The predicted octanol–water partition coefficient (Wildman–Crippen LogP) is 3.61. The molecule has 1 aromatic heterocycles. The molecule has 1 amide bonds. The maximum absolute atomic E-state index is 12.6. The minimum Gasteiger partial charge on any atom is -0.353 e. The number of carbonyl (C=O) groups excluding carboxylic acids is 1. The second kappa shape index (κ2) is 7.53. The number of nitrogens with zero attached hydrogens (tertiary/aromatic N) is 2. The Balaban J connectivity index is 1.68. The molecule has 3 rings (SSSR count). The molecule has 140 valence electrons. The second-order valence-electron chi connectivity index (χ2n) is 6.59. The van der Waals surface area contributed by atoms with Gasteiger partial charge in [-0.15, -0.1) is 0 Å². The van der Waals surface area contributed by atoms with Crippen molar-refractivity contribution in [3.05, 3.63) is 59.4 Å². The SMILES string of the molecule is Cn1cccc1C(CNC(=O)c1ccc(C(F)(F)F)cc1)N1CCCC1. The van der Waals surface area contributed by atoms with Crippen LogP contribution in [0.15, 0.2) is 42.6 Å². The molecule has 1 aliphatic heterocycles. The first-order valence-electron chi connectivity index (χ1n) is 8.67. The molecule has 0 radical (unpaired) electrons. The molecule has 0 saturated carbocycles. The quantitative estimate of drug-likeness (QED) is 0.879. The van der Waals surface area contributed by atoms with E-state index in [2.05, 4.69) is 10.2 Å². The van der Waals surface area contributed by atoms with Gasteiger partial charge in [-0.3, -0.25) is 9.69 Å². The van der Waals surface area contributed by atoms with Gasteiger partial charge in [0.25, 0.3) is 5.91 Å². The summed E-state index contributed by atoms with van der Waals surface area (Å²) in [5, 5.41) is 2.87. The van der Waals surface area contributed by atoms with E-state index in [-0.39, 0.29) is 17.5 Å². The highest BCUT2D eigenvalue weighted by atomic mass is 19.4. The molecule has 0 bridgehead atoms. The number of rotatable bonds is 5. The predicted molar refractivity (Wildman–Crippen MR) is 92.7 cm³/mol. The summed E-state index contributed by atoms with van der Waals surface area (Å²) in [6.45, 7) is 2.37. The monoisotopic (exact) mass is 365 g/mol. The van der Waals surface area contributed by atoms with Gasteiger partial charge in [0.2, 0.25) is 0 Å². The van der Waals surface area contributed by atoms with Crippen LogP contribution in [0, 0.1) is 0 Å². The maximum atomic E-state index is 12.6. The topological polar surface area (TPSA) is 37.3 Å². The second-order valence-corrected chi connectivity index (χ2v) is 6.59. The lowest BCUT2D eigenvalue weighted by Crippen LogP contribution is -2.37. The van der Waals surface area contributed by atoms with Crippen molar-refractivity contribution in [1.82, 2.24) is 14.8 Å². The molecular weight excluding hydrogens is 343 g/mol. The molecule has 1 atom stereocenters. The number of hydrogen-bond acceptors (Lipinski definition) is 2. The molecule has 4 nitrogen and oxygen atoms in total. The number of benzene rings is 1. The molecule has 1 N–H and O–H groups in total. The van der Waals surface area contributed by atoms with Gasteiger partial charge in [0, 0.05) is 31.0 Å². The highest BCUT2D eigenvalue weighted by Crippen LogP contribution is 2.29. The van der Waals surface area contributed by atoms with Gasteiger partial charge in [-0.2, -0.15) is 13.2 Å². The van der Waals surface area contributed by atoms with Crippen LogP contribution in [-0.4, -0.2) is 35.0 Å². The summed E-state index contributed by atoms with van der Waals surface area (Å²) in [6.07, 6.45) is -0.167. The van der Waals surface area contributed by atoms with Crippen LogP contribution in [0.3, 0.4) is 0 Å². The number of hydrogen-bond donors (Lipinski definition) is 1. The third-order valence-electron chi connectivity index (χ3n) is 4.84. The first-order valence-corrected chi connectivity index (χ1v) is 8.67. The summed E-state index contributed by atoms with van der Waals surface area (Å²) >= 11 is 0. The molecule has 1 aliphatic rings. The number of alkyl halides is 3. The van der Waals surface area contributed by atoms with Gasteiger partial charge in [-0.05, 0) is 62.3 Å². The van der Waals surface area contributed by atoms with Crippen molar-refractivity contribution in [2.45, 2.75) is 25.1 Å². The van der Waals surface area contributed by atoms with E-state index in [4.69, 9.17) is 0 Å². The van der Waals surface area contributed by atoms with E-state index < -0.39 is 11.7 Å². The van der Waals surface area contributed by atoms with Gasteiger partial charge in [-0.1, -0.05) is 0 Å². The zero-order valence-electron chi connectivity index (χ0n) is 14.6. The normalized spacial score (nSPS) is 16.6. The molecular formula is C19H22F3N3O. The fraction of sp³-hybridized carbons (Fsp3) is 0.421. The number of carbonyl (C=O) groups is 1. The Hall–Kier alpha value is -2.28. The Morgan fingerprint density at radius 2 is 1.81 bits per heavy atom. The van der Waals surface area contributed by atoms with Crippen LogP contribution in [0.2, 0.25) is 0 Å². The molecule has 1 fully saturated rings. The Bertz CT molecular complexity index is 746. The number of nitrogens with one attached hydrogen (secondary N) is 1. The first-order chi connectivity index (χ1) is 12.4. The van der Waals surface area contributed by atoms with E-state index in [9.17, 15) is 18.0 Å². The smallest absolute Gasteiger partial charge is 0.353 e. The molecule has 1 unspecified atom stereocenters. The number of amides is 1. The van der Waals surface area contributed by atoms with Crippen LogP contribution in [-0.2, 0) is 13.2 Å². The Morgan fingerprint density at radius 3 is 2.35 bits per heavy atom. The zero-order chi connectivity index (χ0) is 18.7. The van der Waals surface area contributed by atoms with Crippen LogP contribution >= 0.6 is 0 Å². The van der Waals surface area contributed by atoms with E-state index in [1.807, 2.05) is 29.9 Å². The molecule has 2 heterocycles. The van der Waals surface area contributed by atoms with E-state index in [0.29, 0.717) is 6.54 Å². The molecule has 0 aliphatic carbocycles. The number of halogens is 3. The summed E-state index contributed by atoms with van der Waals surface area (Å²) < 4.78 is 39.9. The van der Waals surface area contributed by atoms with E-state index in [1.54, 1.807) is 0 Å². The average Bonchev–Trinajstić information content (AvgIpc) is 3.27. The highest BCUT2D eigenvalue weighted by molar-refractivity contribution is 5.94. The Labute approximate surface area is 150 Å².